The first-order chi connectivity index (χ1) is 13.8. The summed E-state index contributed by atoms with van der Waals surface area (Å²) >= 11 is 5.90. The minimum absolute atomic E-state index is 0.0606. The van der Waals surface area contributed by atoms with Crippen molar-refractivity contribution in [2.75, 3.05) is 13.7 Å². The van der Waals surface area contributed by atoms with Gasteiger partial charge in [-0.05, 0) is 42.7 Å². The molecule has 0 fully saturated rings. The van der Waals surface area contributed by atoms with Crippen LogP contribution in [0.25, 0.3) is 0 Å². The van der Waals surface area contributed by atoms with Gasteiger partial charge in [0.05, 0.1) is 20.1 Å². The third kappa shape index (κ3) is 6.64. The van der Waals surface area contributed by atoms with Gasteiger partial charge in [-0.1, -0.05) is 31.5 Å². The Balaban J connectivity index is 1.95. The zero-order valence-corrected chi connectivity index (χ0v) is 17.3. The minimum atomic E-state index is -0.606. The van der Waals surface area contributed by atoms with Crippen LogP contribution in [0.2, 0.25) is 5.02 Å². The third-order valence-corrected chi connectivity index (χ3v) is 4.45. The lowest BCUT2D eigenvalue weighted by molar-refractivity contribution is -0.121. The van der Waals surface area contributed by atoms with Gasteiger partial charge in [0.2, 0.25) is 5.91 Å². The molecule has 0 aliphatic rings. The number of carbonyl (C=O) groups is 2. The second-order valence-electron chi connectivity index (χ2n) is 6.78. The second kappa shape index (κ2) is 10.7. The maximum absolute atomic E-state index is 13.8. The maximum atomic E-state index is 13.8. The Bertz CT molecular complexity index is 854. The van der Waals surface area contributed by atoms with Gasteiger partial charge in [0, 0.05) is 16.1 Å². The Kier molecular flexibility index (Phi) is 8.27. The molecule has 0 aromatic heterocycles. The van der Waals surface area contributed by atoms with Crippen LogP contribution in [0.1, 0.15) is 36.2 Å². The summed E-state index contributed by atoms with van der Waals surface area (Å²) in [6, 6.07) is 8.86. The van der Waals surface area contributed by atoms with E-state index in [0.29, 0.717) is 24.0 Å². The fraction of sp³-hybridized carbons (Fsp3) is 0.333. The second-order valence-corrected chi connectivity index (χ2v) is 7.18. The van der Waals surface area contributed by atoms with Crippen LogP contribution in [0.3, 0.4) is 0 Å². The molecule has 2 amide bonds. The molecule has 0 radical (unpaired) electrons. The van der Waals surface area contributed by atoms with Gasteiger partial charge in [-0.3, -0.25) is 20.4 Å². The number of ether oxygens (including phenoxy) is 2. The molecule has 0 spiro atoms. The van der Waals surface area contributed by atoms with E-state index in [4.69, 9.17) is 21.1 Å². The normalized spacial score (nSPS) is 10.6. The third-order valence-electron chi connectivity index (χ3n) is 4.09. The number of nitrogens with one attached hydrogen (secondary N) is 2. The highest BCUT2D eigenvalue weighted by atomic mass is 35.5. The van der Waals surface area contributed by atoms with Gasteiger partial charge >= 0.3 is 0 Å². The summed E-state index contributed by atoms with van der Waals surface area (Å²) in [7, 11) is 1.48. The number of methoxy groups -OCH3 is 1. The van der Waals surface area contributed by atoms with Crippen molar-refractivity contribution >= 4 is 23.4 Å². The van der Waals surface area contributed by atoms with Gasteiger partial charge in [0.1, 0.15) is 5.82 Å². The summed E-state index contributed by atoms with van der Waals surface area (Å²) in [5.41, 5.74) is 4.86. The number of hydrogen-bond donors (Lipinski definition) is 2. The van der Waals surface area contributed by atoms with E-state index >= 15 is 0 Å². The molecule has 0 aliphatic heterocycles. The van der Waals surface area contributed by atoms with Crippen molar-refractivity contribution in [2.24, 2.45) is 5.92 Å². The molecule has 0 atom stereocenters. The molecule has 0 saturated carbocycles. The van der Waals surface area contributed by atoms with Gasteiger partial charge in [0.25, 0.3) is 5.91 Å². The summed E-state index contributed by atoms with van der Waals surface area (Å²) in [5.74, 6) is -0.296. The van der Waals surface area contributed by atoms with Crippen LogP contribution in [-0.4, -0.2) is 25.5 Å². The Morgan fingerprint density at radius 3 is 2.55 bits per heavy atom. The number of hydrazine groups is 1. The molecular weight excluding hydrogens is 399 g/mol. The van der Waals surface area contributed by atoms with E-state index in [1.54, 1.807) is 12.1 Å². The maximum Gasteiger partial charge on any atom is 0.269 e. The lowest BCUT2D eigenvalue weighted by atomic mass is 10.1. The SMILES string of the molecule is COc1cc(C(=O)NNC(=O)Cc2c(F)cccc2Cl)ccc1OCCC(C)C. The first kappa shape index (κ1) is 22.5. The molecule has 0 heterocycles. The highest BCUT2D eigenvalue weighted by Gasteiger charge is 2.15. The van der Waals surface area contributed by atoms with Crippen LogP contribution in [0.4, 0.5) is 4.39 Å². The monoisotopic (exact) mass is 422 g/mol. The van der Waals surface area contributed by atoms with E-state index in [1.165, 1.54) is 31.4 Å². The average molecular weight is 423 g/mol. The van der Waals surface area contributed by atoms with Crippen LogP contribution < -0.4 is 20.3 Å². The highest BCUT2D eigenvalue weighted by Crippen LogP contribution is 2.28. The van der Waals surface area contributed by atoms with E-state index in [9.17, 15) is 14.0 Å². The Morgan fingerprint density at radius 2 is 1.90 bits per heavy atom. The summed E-state index contributed by atoms with van der Waals surface area (Å²) in [4.78, 5) is 24.3. The van der Waals surface area contributed by atoms with Crippen molar-refractivity contribution in [3.8, 4) is 11.5 Å². The summed E-state index contributed by atoms with van der Waals surface area (Å²) in [5, 5.41) is 0.143. The molecule has 0 saturated heterocycles. The first-order valence-electron chi connectivity index (χ1n) is 9.14. The molecule has 29 heavy (non-hydrogen) atoms. The number of amides is 2. The van der Waals surface area contributed by atoms with E-state index < -0.39 is 17.6 Å². The average Bonchev–Trinajstić information content (AvgIpc) is 2.69. The number of hydrogen-bond acceptors (Lipinski definition) is 4. The predicted molar refractivity (Wildman–Crippen MR) is 109 cm³/mol. The molecule has 6 nitrogen and oxygen atoms in total. The quantitative estimate of drug-likeness (QED) is 0.632. The Hall–Kier alpha value is -2.80. The van der Waals surface area contributed by atoms with E-state index in [2.05, 4.69) is 24.7 Å². The number of rotatable bonds is 8. The molecule has 2 N–H and O–H groups in total. The van der Waals surface area contributed by atoms with Crippen LogP contribution >= 0.6 is 11.6 Å². The molecule has 2 aromatic rings. The van der Waals surface area contributed by atoms with Crippen LogP contribution in [-0.2, 0) is 11.2 Å². The zero-order chi connectivity index (χ0) is 21.4. The Morgan fingerprint density at radius 1 is 1.14 bits per heavy atom. The molecule has 156 valence electrons. The molecule has 2 aromatic carbocycles. The molecule has 0 bridgehead atoms. The fourth-order valence-corrected chi connectivity index (χ4v) is 2.67. The fourth-order valence-electron chi connectivity index (χ4n) is 2.44. The standard InChI is InChI=1S/C21H24ClFN2O4/c1-13(2)9-10-29-18-8-7-14(11-19(18)28-3)21(27)25-24-20(26)12-15-16(22)5-4-6-17(15)23/h4-8,11,13H,9-10,12H2,1-3H3,(H,24,26)(H,25,27). The Labute approximate surface area is 174 Å². The largest absolute Gasteiger partial charge is 0.493 e. The number of benzene rings is 2. The van der Waals surface area contributed by atoms with Crippen LogP contribution in [0, 0.1) is 11.7 Å². The van der Waals surface area contributed by atoms with Crippen molar-refractivity contribution in [1.82, 2.24) is 10.9 Å². The molecule has 8 heteroatoms. The highest BCUT2D eigenvalue weighted by molar-refractivity contribution is 6.31. The van der Waals surface area contributed by atoms with Crippen molar-refractivity contribution in [3.05, 3.63) is 58.4 Å². The van der Waals surface area contributed by atoms with E-state index in [1.807, 2.05) is 0 Å². The summed E-state index contributed by atoms with van der Waals surface area (Å²) in [6.07, 6.45) is 0.585. The first-order valence-corrected chi connectivity index (χ1v) is 9.52. The van der Waals surface area contributed by atoms with Crippen LogP contribution in [0.15, 0.2) is 36.4 Å². The van der Waals surface area contributed by atoms with Crippen molar-refractivity contribution in [1.29, 1.82) is 0 Å². The molecule has 0 unspecified atom stereocenters. The van der Waals surface area contributed by atoms with Crippen molar-refractivity contribution in [2.45, 2.75) is 26.7 Å². The lowest BCUT2D eigenvalue weighted by Gasteiger charge is -2.13. The predicted octanol–water partition coefficient (Wildman–Crippen LogP) is 3.92. The van der Waals surface area contributed by atoms with Gasteiger partial charge in [0.15, 0.2) is 11.5 Å². The topological polar surface area (TPSA) is 76.7 Å². The summed E-state index contributed by atoms with van der Waals surface area (Å²) < 4.78 is 24.7. The van der Waals surface area contributed by atoms with Crippen molar-refractivity contribution < 1.29 is 23.5 Å². The van der Waals surface area contributed by atoms with Gasteiger partial charge in [-0.25, -0.2) is 4.39 Å². The zero-order valence-electron chi connectivity index (χ0n) is 16.6. The molecular formula is C21H24ClFN2O4. The molecule has 0 aliphatic carbocycles. The van der Waals surface area contributed by atoms with E-state index in [-0.39, 0.29) is 22.6 Å². The summed E-state index contributed by atoms with van der Waals surface area (Å²) in [6.45, 7) is 4.74. The number of halogens is 2. The van der Waals surface area contributed by atoms with Crippen molar-refractivity contribution in [3.63, 3.8) is 0 Å². The van der Waals surface area contributed by atoms with Crippen LogP contribution in [0.5, 0.6) is 11.5 Å². The van der Waals surface area contributed by atoms with Gasteiger partial charge < -0.3 is 9.47 Å². The number of carbonyl (C=O) groups excluding carboxylic acids is 2. The van der Waals surface area contributed by atoms with Gasteiger partial charge in [-0.15, -0.1) is 0 Å². The molecule has 2 rings (SSSR count). The van der Waals surface area contributed by atoms with Gasteiger partial charge in [-0.2, -0.15) is 0 Å². The minimum Gasteiger partial charge on any atom is -0.493 e. The lowest BCUT2D eigenvalue weighted by Crippen LogP contribution is -2.42. The van der Waals surface area contributed by atoms with E-state index in [0.717, 1.165) is 6.42 Å². The smallest absolute Gasteiger partial charge is 0.269 e.